The first-order valence-electron chi connectivity index (χ1n) is 9.32. The normalized spacial score (nSPS) is 11.1. The van der Waals surface area contributed by atoms with Crippen molar-refractivity contribution < 1.29 is 14.2 Å². The van der Waals surface area contributed by atoms with Crippen molar-refractivity contribution in [1.82, 2.24) is 20.3 Å². The number of benzene rings is 2. The number of esters is 1. The maximum absolute atomic E-state index is 12.1. The third-order valence-corrected chi connectivity index (χ3v) is 4.87. The Labute approximate surface area is 191 Å². The van der Waals surface area contributed by atoms with Crippen LogP contribution in [0.2, 0.25) is 10.0 Å². The lowest BCUT2D eigenvalue weighted by Gasteiger charge is -2.10. The highest BCUT2D eigenvalue weighted by Crippen LogP contribution is 2.29. The summed E-state index contributed by atoms with van der Waals surface area (Å²) in [6.07, 6.45) is 1.47. The molecular weight excluding hydrogens is 457 g/mol. The van der Waals surface area contributed by atoms with E-state index in [4.69, 9.17) is 27.9 Å². The number of nitrogens with zero attached hydrogens (tertiary/aromatic N) is 5. The quantitative estimate of drug-likeness (QED) is 0.224. The van der Waals surface area contributed by atoms with Gasteiger partial charge in [0.05, 0.1) is 28.4 Å². The number of fused-ring (bicyclic) bond motifs is 1. The number of halogens is 2. The molecule has 32 heavy (non-hydrogen) atoms. The summed E-state index contributed by atoms with van der Waals surface area (Å²) in [5.41, 5.74) is 4.76. The van der Waals surface area contributed by atoms with E-state index in [1.807, 2.05) is 0 Å². The molecule has 0 saturated heterocycles. The van der Waals surface area contributed by atoms with Gasteiger partial charge >= 0.3 is 5.97 Å². The highest BCUT2D eigenvalue weighted by molar-refractivity contribution is 6.42. The number of ether oxygens (including phenoxy) is 1. The fraction of sp³-hybridized carbons (Fsp3) is 0.100. The van der Waals surface area contributed by atoms with Gasteiger partial charge in [-0.2, -0.15) is 10.1 Å². The Morgan fingerprint density at radius 1 is 1.09 bits per heavy atom. The van der Waals surface area contributed by atoms with Crippen molar-refractivity contribution in [3.63, 3.8) is 0 Å². The third-order valence-electron chi connectivity index (χ3n) is 4.13. The Balaban J connectivity index is 1.62. The Morgan fingerprint density at radius 2 is 1.84 bits per heavy atom. The molecule has 2 N–H and O–H groups in total. The molecule has 162 valence electrons. The topological polar surface area (TPSA) is 127 Å². The second-order valence-corrected chi connectivity index (χ2v) is 7.08. The minimum atomic E-state index is -0.439. The summed E-state index contributed by atoms with van der Waals surface area (Å²) >= 11 is 12.1. The van der Waals surface area contributed by atoms with Crippen LogP contribution in [0.25, 0.3) is 11.3 Å². The molecule has 0 spiro atoms. The summed E-state index contributed by atoms with van der Waals surface area (Å²) < 4.78 is 9.77. The number of hydrazone groups is 1. The molecule has 0 aliphatic heterocycles. The third kappa shape index (κ3) is 4.76. The smallest absolute Gasteiger partial charge is 0.338 e. The zero-order valence-corrected chi connectivity index (χ0v) is 18.1. The van der Waals surface area contributed by atoms with Crippen molar-refractivity contribution in [2.45, 2.75) is 6.92 Å². The van der Waals surface area contributed by atoms with Crippen molar-refractivity contribution in [2.75, 3.05) is 17.3 Å². The van der Waals surface area contributed by atoms with Crippen LogP contribution in [0.4, 0.5) is 17.3 Å². The molecule has 2 heterocycles. The van der Waals surface area contributed by atoms with Gasteiger partial charge < -0.3 is 10.1 Å². The van der Waals surface area contributed by atoms with Crippen molar-refractivity contribution in [1.29, 1.82) is 0 Å². The van der Waals surface area contributed by atoms with Crippen LogP contribution in [-0.4, -0.2) is 39.1 Å². The highest BCUT2D eigenvalue weighted by atomic mass is 35.5. The fourth-order valence-corrected chi connectivity index (χ4v) is 2.98. The average Bonchev–Trinajstić information content (AvgIpc) is 3.24. The molecule has 0 amide bonds. The molecule has 12 heteroatoms. The number of anilines is 3. The molecule has 2 aromatic heterocycles. The fourth-order valence-electron chi connectivity index (χ4n) is 2.68. The van der Waals surface area contributed by atoms with Gasteiger partial charge in [0.2, 0.25) is 11.3 Å². The lowest BCUT2D eigenvalue weighted by Crippen LogP contribution is -2.08. The molecule has 0 bridgehead atoms. The molecule has 10 nitrogen and oxygen atoms in total. The number of nitrogens with one attached hydrogen (secondary N) is 2. The van der Waals surface area contributed by atoms with Crippen molar-refractivity contribution in [3.05, 3.63) is 63.6 Å². The molecule has 4 aromatic rings. The molecule has 0 saturated carbocycles. The van der Waals surface area contributed by atoms with E-state index in [1.165, 1.54) is 6.21 Å². The maximum Gasteiger partial charge on any atom is 0.338 e. The van der Waals surface area contributed by atoms with E-state index in [1.54, 1.807) is 49.4 Å². The standard InChI is InChI=1S/C20H15Cl2N7O3/c1-2-31-20(30)13-6-4-3-5-11(13)10-23-27-17-16(25-18-19(26-17)29-32-28-18)24-12-7-8-14(21)15(22)9-12/h3-10H,2H2,1H3,(H,24,25,28)(H,26,27,29). The Kier molecular flexibility index (Phi) is 6.43. The van der Waals surface area contributed by atoms with Crippen LogP contribution in [0, 0.1) is 0 Å². The van der Waals surface area contributed by atoms with Crippen LogP contribution in [0.15, 0.2) is 52.2 Å². The van der Waals surface area contributed by atoms with Crippen molar-refractivity contribution >= 4 is 64.0 Å². The van der Waals surface area contributed by atoms with Gasteiger partial charge in [-0.15, -0.1) is 0 Å². The summed E-state index contributed by atoms with van der Waals surface area (Å²) in [5.74, 6) is 0.0953. The number of rotatable bonds is 7. The first kappa shape index (κ1) is 21.5. The number of aromatic nitrogens is 4. The number of hydrogen-bond acceptors (Lipinski definition) is 10. The van der Waals surface area contributed by atoms with Crippen molar-refractivity contribution in [3.8, 4) is 0 Å². The van der Waals surface area contributed by atoms with Gasteiger partial charge in [-0.25, -0.2) is 14.4 Å². The molecule has 0 radical (unpaired) electrons. The van der Waals surface area contributed by atoms with E-state index in [0.717, 1.165) is 0 Å². The molecular formula is C20H15Cl2N7O3. The SMILES string of the molecule is CCOC(=O)c1ccccc1C=NNc1nc2nonc2nc1Nc1ccc(Cl)c(Cl)c1. The van der Waals surface area contributed by atoms with Gasteiger partial charge in [0, 0.05) is 11.3 Å². The zero-order chi connectivity index (χ0) is 22.5. The lowest BCUT2D eigenvalue weighted by atomic mass is 10.1. The van der Waals surface area contributed by atoms with Crippen molar-refractivity contribution in [2.24, 2.45) is 5.10 Å². The molecule has 0 aliphatic rings. The molecule has 2 aromatic carbocycles. The van der Waals surface area contributed by atoms with E-state index >= 15 is 0 Å². The van der Waals surface area contributed by atoms with Gasteiger partial charge in [0.15, 0.2) is 11.6 Å². The van der Waals surface area contributed by atoms with E-state index in [0.29, 0.717) is 32.7 Å². The second kappa shape index (κ2) is 9.58. The monoisotopic (exact) mass is 471 g/mol. The Morgan fingerprint density at radius 3 is 2.59 bits per heavy atom. The summed E-state index contributed by atoms with van der Waals surface area (Å²) in [6, 6.07) is 11.9. The van der Waals surface area contributed by atoms with Gasteiger partial charge in [-0.05, 0) is 41.5 Å². The van der Waals surface area contributed by atoms with E-state index in [2.05, 4.69) is 40.8 Å². The largest absolute Gasteiger partial charge is 0.462 e. The summed E-state index contributed by atoms with van der Waals surface area (Å²) in [4.78, 5) is 20.8. The second-order valence-electron chi connectivity index (χ2n) is 6.26. The summed E-state index contributed by atoms with van der Waals surface area (Å²) in [6.45, 7) is 2.01. The van der Waals surface area contributed by atoms with Gasteiger partial charge in [0.25, 0.3) is 0 Å². The Hall–Kier alpha value is -3.76. The van der Waals surface area contributed by atoms with Crippen LogP contribution in [0.3, 0.4) is 0 Å². The van der Waals surface area contributed by atoms with E-state index < -0.39 is 5.97 Å². The first-order valence-corrected chi connectivity index (χ1v) is 10.1. The number of carbonyl (C=O) groups excluding carboxylic acids is 1. The highest BCUT2D eigenvalue weighted by Gasteiger charge is 2.14. The average molecular weight is 472 g/mol. The van der Waals surface area contributed by atoms with E-state index in [-0.39, 0.29) is 23.7 Å². The lowest BCUT2D eigenvalue weighted by molar-refractivity contribution is 0.0526. The minimum absolute atomic E-state index is 0.189. The van der Waals surface area contributed by atoms with Crippen LogP contribution in [-0.2, 0) is 4.74 Å². The minimum Gasteiger partial charge on any atom is -0.462 e. The zero-order valence-electron chi connectivity index (χ0n) is 16.5. The molecule has 4 rings (SSSR count). The first-order chi connectivity index (χ1) is 15.5. The molecule has 0 unspecified atom stereocenters. The number of carbonyl (C=O) groups is 1. The number of hydrogen-bond donors (Lipinski definition) is 2. The van der Waals surface area contributed by atoms with Gasteiger partial charge in [-0.3, -0.25) is 5.43 Å². The molecule has 0 atom stereocenters. The molecule has 0 aliphatic carbocycles. The predicted molar refractivity (Wildman–Crippen MR) is 121 cm³/mol. The van der Waals surface area contributed by atoms with E-state index in [9.17, 15) is 4.79 Å². The van der Waals surface area contributed by atoms with Crippen LogP contribution < -0.4 is 10.7 Å². The van der Waals surface area contributed by atoms with Crippen LogP contribution in [0.5, 0.6) is 0 Å². The predicted octanol–water partition coefficient (Wildman–Crippen LogP) is 4.69. The summed E-state index contributed by atoms with van der Waals surface area (Å²) in [5, 5.41) is 15.5. The Bertz CT molecular complexity index is 1310. The van der Waals surface area contributed by atoms with Gasteiger partial charge in [0.1, 0.15) is 0 Å². The van der Waals surface area contributed by atoms with Gasteiger partial charge in [-0.1, -0.05) is 41.4 Å². The van der Waals surface area contributed by atoms with Crippen LogP contribution >= 0.6 is 23.2 Å². The summed E-state index contributed by atoms with van der Waals surface area (Å²) in [7, 11) is 0. The maximum atomic E-state index is 12.1. The van der Waals surface area contributed by atoms with Crippen LogP contribution in [0.1, 0.15) is 22.8 Å². The molecule has 0 fully saturated rings.